The molecule has 0 amide bonds. The molecule has 0 atom stereocenters. The lowest BCUT2D eigenvalue weighted by Crippen LogP contribution is -2.32. The molecule has 0 aliphatic carbocycles. The second-order valence-electron chi connectivity index (χ2n) is 3.90. The maximum atomic E-state index is 5.66. The zero-order valence-electron chi connectivity index (χ0n) is 9.17. The highest BCUT2D eigenvalue weighted by atomic mass is 15.0. The van der Waals surface area contributed by atoms with Gasteiger partial charge in [0.1, 0.15) is 0 Å². The van der Waals surface area contributed by atoms with Crippen LogP contribution in [0.3, 0.4) is 0 Å². The van der Waals surface area contributed by atoms with Gasteiger partial charge in [0.05, 0.1) is 17.6 Å². The summed E-state index contributed by atoms with van der Waals surface area (Å²) >= 11 is 0. The van der Waals surface area contributed by atoms with Gasteiger partial charge >= 0.3 is 0 Å². The number of hydrogen-bond acceptors (Lipinski definition) is 3. The second kappa shape index (κ2) is 4.31. The zero-order chi connectivity index (χ0) is 10.6. The van der Waals surface area contributed by atoms with Crippen LogP contribution < -0.4 is 11.1 Å². The monoisotopic (exact) mass is 193 g/mol. The van der Waals surface area contributed by atoms with Crippen molar-refractivity contribution in [1.29, 1.82) is 0 Å². The van der Waals surface area contributed by atoms with Gasteiger partial charge in [-0.3, -0.25) is 4.98 Å². The van der Waals surface area contributed by atoms with Crippen molar-refractivity contribution in [3.63, 3.8) is 0 Å². The first-order valence-corrected chi connectivity index (χ1v) is 5.08. The molecule has 0 aliphatic heterocycles. The fraction of sp³-hybridized carbons (Fsp3) is 0.545. The number of aromatic nitrogens is 1. The van der Waals surface area contributed by atoms with Crippen LogP contribution in [0.25, 0.3) is 0 Å². The van der Waals surface area contributed by atoms with Crippen LogP contribution in [0.15, 0.2) is 18.5 Å². The summed E-state index contributed by atoms with van der Waals surface area (Å²) in [7, 11) is 0. The van der Waals surface area contributed by atoms with E-state index in [0.29, 0.717) is 5.69 Å². The van der Waals surface area contributed by atoms with Gasteiger partial charge in [-0.2, -0.15) is 0 Å². The van der Waals surface area contributed by atoms with Gasteiger partial charge in [-0.1, -0.05) is 13.8 Å². The summed E-state index contributed by atoms with van der Waals surface area (Å²) in [6.45, 7) is 6.56. The fourth-order valence-electron chi connectivity index (χ4n) is 1.30. The van der Waals surface area contributed by atoms with Gasteiger partial charge in [0.25, 0.3) is 0 Å². The fourth-order valence-corrected chi connectivity index (χ4v) is 1.30. The summed E-state index contributed by atoms with van der Waals surface area (Å²) in [6.07, 6.45) is 5.62. The molecule has 0 fully saturated rings. The van der Waals surface area contributed by atoms with Gasteiger partial charge in [-0.05, 0) is 25.8 Å². The van der Waals surface area contributed by atoms with Crippen LogP contribution in [0.1, 0.15) is 33.6 Å². The Hall–Kier alpha value is -1.25. The van der Waals surface area contributed by atoms with Gasteiger partial charge in [0.15, 0.2) is 0 Å². The van der Waals surface area contributed by atoms with Crippen molar-refractivity contribution in [2.45, 2.75) is 39.2 Å². The summed E-state index contributed by atoms with van der Waals surface area (Å²) in [5, 5.41) is 3.45. The van der Waals surface area contributed by atoms with Gasteiger partial charge in [0.2, 0.25) is 0 Å². The van der Waals surface area contributed by atoms with Crippen molar-refractivity contribution in [3.05, 3.63) is 18.5 Å². The Kier molecular flexibility index (Phi) is 3.33. The van der Waals surface area contributed by atoms with E-state index in [1.165, 1.54) is 0 Å². The minimum absolute atomic E-state index is 0.134. The van der Waals surface area contributed by atoms with E-state index < -0.39 is 0 Å². The van der Waals surface area contributed by atoms with Crippen LogP contribution in [0.2, 0.25) is 0 Å². The Bertz CT molecular complexity index is 292. The molecule has 3 nitrogen and oxygen atoms in total. The van der Waals surface area contributed by atoms with E-state index in [0.717, 1.165) is 18.5 Å². The lowest BCUT2D eigenvalue weighted by atomic mass is 9.95. The molecule has 3 heteroatoms. The number of nitrogens with two attached hydrogens (primary N) is 1. The van der Waals surface area contributed by atoms with E-state index in [2.05, 4.69) is 31.1 Å². The number of rotatable bonds is 4. The first-order chi connectivity index (χ1) is 6.59. The van der Waals surface area contributed by atoms with Gasteiger partial charge in [-0.25, -0.2) is 0 Å². The number of nitrogens with zero attached hydrogens (tertiary/aromatic N) is 1. The average Bonchev–Trinajstić information content (AvgIpc) is 2.18. The summed E-state index contributed by atoms with van der Waals surface area (Å²) in [6, 6.07) is 1.91. The summed E-state index contributed by atoms with van der Waals surface area (Å²) in [4.78, 5) is 4.05. The Labute approximate surface area is 85.7 Å². The highest BCUT2D eigenvalue weighted by molar-refractivity contribution is 5.52. The molecule has 0 saturated heterocycles. The van der Waals surface area contributed by atoms with Gasteiger partial charge in [-0.15, -0.1) is 0 Å². The second-order valence-corrected chi connectivity index (χ2v) is 3.90. The van der Waals surface area contributed by atoms with Crippen molar-refractivity contribution in [3.8, 4) is 0 Å². The van der Waals surface area contributed by atoms with Gasteiger partial charge in [0, 0.05) is 11.7 Å². The van der Waals surface area contributed by atoms with E-state index in [9.17, 15) is 0 Å². The molecular weight excluding hydrogens is 174 g/mol. The maximum Gasteiger partial charge on any atom is 0.0551 e. The minimum Gasteiger partial charge on any atom is -0.397 e. The number of pyridine rings is 1. The third kappa shape index (κ3) is 2.62. The first-order valence-electron chi connectivity index (χ1n) is 5.08. The molecule has 1 heterocycles. The smallest absolute Gasteiger partial charge is 0.0551 e. The highest BCUT2D eigenvalue weighted by Gasteiger charge is 2.18. The first kappa shape index (κ1) is 10.8. The lowest BCUT2D eigenvalue weighted by Gasteiger charge is -2.29. The van der Waals surface area contributed by atoms with Crippen LogP contribution >= 0.6 is 0 Å². The molecule has 0 spiro atoms. The topological polar surface area (TPSA) is 50.9 Å². The molecule has 1 aromatic rings. The van der Waals surface area contributed by atoms with Crippen molar-refractivity contribution in [2.75, 3.05) is 11.1 Å². The van der Waals surface area contributed by atoms with Crippen LogP contribution in [-0.4, -0.2) is 10.5 Å². The SMILES string of the molecule is CCC(C)(CC)Nc1cncc(N)c1. The van der Waals surface area contributed by atoms with Gasteiger partial charge < -0.3 is 11.1 Å². The summed E-state index contributed by atoms with van der Waals surface area (Å²) in [5.74, 6) is 0. The lowest BCUT2D eigenvalue weighted by molar-refractivity contribution is 0.478. The van der Waals surface area contributed by atoms with Crippen LogP contribution in [0.5, 0.6) is 0 Å². The molecule has 3 N–H and O–H groups in total. The minimum atomic E-state index is 0.134. The Morgan fingerprint density at radius 3 is 2.50 bits per heavy atom. The predicted octanol–water partition coefficient (Wildman–Crippen LogP) is 2.65. The van der Waals surface area contributed by atoms with E-state index >= 15 is 0 Å². The Morgan fingerprint density at radius 2 is 2.00 bits per heavy atom. The molecule has 0 radical (unpaired) electrons. The standard InChI is InChI=1S/C11H19N3/c1-4-11(3,5-2)14-10-6-9(12)7-13-8-10/h6-8,14H,4-5,12H2,1-3H3. The molecule has 0 bridgehead atoms. The van der Waals surface area contributed by atoms with E-state index in [1.54, 1.807) is 12.4 Å². The van der Waals surface area contributed by atoms with Crippen LogP contribution in [0.4, 0.5) is 11.4 Å². The number of hydrogen-bond donors (Lipinski definition) is 2. The molecule has 0 unspecified atom stereocenters. The molecule has 14 heavy (non-hydrogen) atoms. The number of nitrogens with one attached hydrogen (secondary N) is 1. The van der Waals surface area contributed by atoms with Crippen molar-refractivity contribution < 1.29 is 0 Å². The molecule has 1 aromatic heterocycles. The molecule has 78 valence electrons. The Morgan fingerprint density at radius 1 is 1.36 bits per heavy atom. The third-order valence-corrected chi connectivity index (χ3v) is 2.77. The van der Waals surface area contributed by atoms with Crippen LogP contribution in [0, 0.1) is 0 Å². The summed E-state index contributed by atoms with van der Waals surface area (Å²) in [5.41, 5.74) is 7.49. The van der Waals surface area contributed by atoms with E-state index in [4.69, 9.17) is 5.73 Å². The van der Waals surface area contributed by atoms with Crippen LogP contribution in [-0.2, 0) is 0 Å². The van der Waals surface area contributed by atoms with E-state index in [1.807, 2.05) is 6.07 Å². The van der Waals surface area contributed by atoms with E-state index in [-0.39, 0.29) is 5.54 Å². The molecule has 1 rings (SSSR count). The highest BCUT2D eigenvalue weighted by Crippen LogP contribution is 2.21. The molecule has 0 aliphatic rings. The zero-order valence-corrected chi connectivity index (χ0v) is 9.17. The van der Waals surface area contributed by atoms with Crippen molar-refractivity contribution >= 4 is 11.4 Å². The largest absolute Gasteiger partial charge is 0.397 e. The number of nitrogen functional groups attached to an aromatic ring is 1. The van der Waals surface area contributed by atoms with Crippen molar-refractivity contribution in [1.82, 2.24) is 4.98 Å². The maximum absolute atomic E-state index is 5.66. The Balaban J connectivity index is 2.77. The normalized spacial score (nSPS) is 11.4. The molecular formula is C11H19N3. The molecule has 0 saturated carbocycles. The van der Waals surface area contributed by atoms with Crippen molar-refractivity contribution in [2.24, 2.45) is 0 Å². The average molecular weight is 193 g/mol. The molecule has 0 aromatic carbocycles. The quantitative estimate of drug-likeness (QED) is 0.773. The summed E-state index contributed by atoms with van der Waals surface area (Å²) < 4.78 is 0. The number of anilines is 2. The predicted molar refractivity (Wildman–Crippen MR) is 61.3 cm³/mol. The third-order valence-electron chi connectivity index (χ3n) is 2.77.